The number of benzene rings is 1. The fourth-order valence-electron chi connectivity index (χ4n) is 3.99. The lowest BCUT2D eigenvalue weighted by atomic mass is 9.86. The first-order valence-electron chi connectivity index (χ1n) is 8.60. The van der Waals surface area contributed by atoms with Crippen LogP contribution in [0.4, 0.5) is 8.78 Å². The molecule has 0 bridgehead atoms. The Labute approximate surface area is 165 Å². The molecule has 140 valence electrons. The Kier molecular flexibility index (Phi) is 7.27. The summed E-state index contributed by atoms with van der Waals surface area (Å²) in [7, 11) is 1.79. The van der Waals surface area contributed by atoms with Gasteiger partial charge in [0.25, 0.3) is 0 Å². The standard InChI is InChI=1S/C18H25F2N3O.HI/c1-21-17(23-10-9-18(13-23)7-2-3-8-18)22-12-14-5-4-6-15(11-14)24-16(19)20;/h4-6,11,16H,2-3,7-10,12-13H2,1H3,(H,21,22);1H. The molecule has 1 N–H and O–H groups in total. The van der Waals surface area contributed by atoms with Gasteiger partial charge in [0.15, 0.2) is 5.96 Å². The van der Waals surface area contributed by atoms with Crippen molar-refractivity contribution < 1.29 is 13.5 Å². The van der Waals surface area contributed by atoms with Crippen LogP contribution in [0, 0.1) is 5.41 Å². The molecule has 0 amide bonds. The summed E-state index contributed by atoms with van der Waals surface area (Å²) in [5.41, 5.74) is 1.38. The molecular formula is C18H26F2IN3O. The predicted octanol–water partition coefficient (Wildman–Crippen LogP) is 4.25. The molecule has 1 spiro atoms. The molecule has 1 aliphatic heterocycles. The molecule has 1 saturated heterocycles. The molecule has 1 heterocycles. The summed E-state index contributed by atoms with van der Waals surface area (Å²) in [5, 5.41) is 3.35. The van der Waals surface area contributed by atoms with E-state index in [1.54, 1.807) is 19.2 Å². The molecular weight excluding hydrogens is 439 g/mol. The number of rotatable bonds is 4. The van der Waals surface area contributed by atoms with Crippen molar-refractivity contribution in [3.05, 3.63) is 29.8 Å². The van der Waals surface area contributed by atoms with Gasteiger partial charge in [0.05, 0.1) is 0 Å². The van der Waals surface area contributed by atoms with E-state index in [9.17, 15) is 8.78 Å². The number of halogens is 3. The second-order valence-corrected chi connectivity index (χ2v) is 6.81. The first-order chi connectivity index (χ1) is 11.6. The molecule has 1 aromatic rings. The van der Waals surface area contributed by atoms with Gasteiger partial charge in [-0.25, -0.2) is 0 Å². The van der Waals surface area contributed by atoms with E-state index in [2.05, 4.69) is 19.9 Å². The normalized spacial score (nSPS) is 19.4. The third-order valence-corrected chi connectivity index (χ3v) is 5.19. The molecule has 1 saturated carbocycles. The predicted molar refractivity (Wildman–Crippen MR) is 106 cm³/mol. The van der Waals surface area contributed by atoms with Crippen LogP contribution in [0.15, 0.2) is 29.3 Å². The molecule has 0 atom stereocenters. The number of likely N-dealkylation sites (tertiary alicyclic amines) is 1. The van der Waals surface area contributed by atoms with Crippen LogP contribution < -0.4 is 10.1 Å². The number of aliphatic imine (C=N–C) groups is 1. The van der Waals surface area contributed by atoms with Crippen molar-refractivity contribution in [1.82, 2.24) is 10.2 Å². The number of nitrogens with zero attached hydrogens (tertiary/aromatic N) is 2. The number of guanidine groups is 1. The van der Waals surface area contributed by atoms with Gasteiger partial charge in [-0.15, -0.1) is 24.0 Å². The van der Waals surface area contributed by atoms with Crippen LogP contribution in [0.1, 0.15) is 37.7 Å². The van der Waals surface area contributed by atoms with E-state index in [0.717, 1.165) is 24.6 Å². The zero-order chi connectivity index (χ0) is 17.0. The molecule has 3 rings (SSSR count). The second-order valence-electron chi connectivity index (χ2n) is 6.81. The maximum atomic E-state index is 12.3. The molecule has 2 fully saturated rings. The highest BCUT2D eigenvalue weighted by atomic mass is 127. The Balaban J connectivity index is 0.00000225. The quantitative estimate of drug-likeness (QED) is 0.411. The lowest BCUT2D eigenvalue weighted by Crippen LogP contribution is -2.40. The van der Waals surface area contributed by atoms with E-state index in [4.69, 9.17) is 0 Å². The molecule has 2 aliphatic rings. The zero-order valence-corrected chi connectivity index (χ0v) is 16.8. The van der Waals surface area contributed by atoms with E-state index in [1.165, 1.54) is 38.2 Å². The minimum atomic E-state index is -2.80. The Morgan fingerprint density at radius 2 is 2.08 bits per heavy atom. The van der Waals surface area contributed by atoms with Gasteiger partial charge in [-0.05, 0) is 42.4 Å². The molecule has 4 nitrogen and oxygen atoms in total. The van der Waals surface area contributed by atoms with Gasteiger partial charge < -0.3 is 15.0 Å². The number of hydrogen-bond donors (Lipinski definition) is 1. The second kappa shape index (κ2) is 9.00. The van der Waals surface area contributed by atoms with Gasteiger partial charge in [0.1, 0.15) is 5.75 Å². The van der Waals surface area contributed by atoms with E-state index in [-0.39, 0.29) is 29.7 Å². The first-order valence-corrected chi connectivity index (χ1v) is 8.60. The largest absolute Gasteiger partial charge is 0.435 e. The molecule has 25 heavy (non-hydrogen) atoms. The van der Waals surface area contributed by atoms with Crippen LogP contribution in [0.3, 0.4) is 0 Å². The maximum Gasteiger partial charge on any atom is 0.387 e. The summed E-state index contributed by atoms with van der Waals surface area (Å²) in [5.74, 6) is 1.07. The van der Waals surface area contributed by atoms with Gasteiger partial charge in [0, 0.05) is 26.7 Å². The Hall–Kier alpha value is -1.12. The summed E-state index contributed by atoms with van der Waals surface area (Å²) in [6.45, 7) is -0.153. The third kappa shape index (κ3) is 5.18. The van der Waals surface area contributed by atoms with Crippen LogP contribution >= 0.6 is 24.0 Å². The third-order valence-electron chi connectivity index (χ3n) is 5.19. The van der Waals surface area contributed by atoms with Crippen molar-refractivity contribution in [2.24, 2.45) is 10.4 Å². The summed E-state index contributed by atoms with van der Waals surface area (Å²) in [4.78, 5) is 6.71. The fourth-order valence-corrected chi connectivity index (χ4v) is 3.99. The summed E-state index contributed by atoms with van der Waals surface area (Å²) < 4.78 is 29.1. The Morgan fingerprint density at radius 1 is 1.32 bits per heavy atom. The molecule has 7 heteroatoms. The van der Waals surface area contributed by atoms with Gasteiger partial charge >= 0.3 is 6.61 Å². The number of nitrogens with one attached hydrogen (secondary N) is 1. The fraction of sp³-hybridized carbons (Fsp3) is 0.611. The van der Waals surface area contributed by atoms with Crippen molar-refractivity contribution >= 4 is 29.9 Å². The number of ether oxygens (including phenoxy) is 1. The molecule has 0 unspecified atom stereocenters. The van der Waals surface area contributed by atoms with Gasteiger partial charge in [-0.3, -0.25) is 4.99 Å². The van der Waals surface area contributed by atoms with E-state index < -0.39 is 6.61 Å². The molecule has 0 radical (unpaired) electrons. The molecule has 1 aromatic carbocycles. The topological polar surface area (TPSA) is 36.9 Å². The summed E-state index contributed by atoms with van der Waals surface area (Å²) in [6.07, 6.45) is 6.58. The van der Waals surface area contributed by atoms with Crippen LogP contribution in [0.2, 0.25) is 0 Å². The van der Waals surface area contributed by atoms with E-state index >= 15 is 0 Å². The van der Waals surface area contributed by atoms with Gasteiger partial charge in [-0.2, -0.15) is 8.78 Å². The molecule has 0 aromatic heterocycles. The Bertz CT molecular complexity index is 591. The van der Waals surface area contributed by atoms with Crippen LogP contribution in [-0.2, 0) is 6.54 Å². The zero-order valence-electron chi connectivity index (χ0n) is 14.5. The average molecular weight is 465 g/mol. The van der Waals surface area contributed by atoms with Crippen molar-refractivity contribution in [3.8, 4) is 5.75 Å². The van der Waals surface area contributed by atoms with Crippen LogP contribution in [-0.4, -0.2) is 37.6 Å². The highest BCUT2D eigenvalue weighted by Crippen LogP contribution is 2.45. The first kappa shape index (κ1) is 20.2. The van der Waals surface area contributed by atoms with E-state index in [0.29, 0.717) is 12.0 Å². The molecule has 1 aliphatic carbocycles. The monoisotopic (exact) mass is 465 g/mol. The minimum absolute atomic E-state index is 0. The van der Waals surface area contributed by atoms with Crippen LogP contribution in [0.25, 0.3) is 0 Å². The van der Waals surface area contributed by atoms with Gasteiger partial charge in [-0.1, -0.05) is 25.0 Å². The average Bonchev–Trinajstić information content (AvgIpc) is 3.18. The summed E-state index contributed by atoms with van der Waals surface area (Å²) in [6, 6.07) is 6.78. The van der Waals surface area contributed by atoms with Crippen molar-refractivity contribution in [2.45, 2.75) is 45.3 Å². The maximum absolute atomic E-state index is 12.3. The lowest BCUT2D eigenvalue weighted by molar-refractivity contribution is -0.0498. The highest BCUT2D eigenvalue weighted by Gasteiger charge is 2.41. The smallest absolute Gasteiger partial charge is 0.387 e. The van der Waals surface area contributed by atoms with Crippen molar-refractivity contribution in [1.29, 1.82) is 0 Å². The summed E-state index contributed by atoms with van der Waals surface area (Å²) >= 11 is 0. The van der Waals surface area contributed by atoms with Gasteiger partial charge in [0.2, 0.25) is 0 Å². The highest BCUT2D eigenvalue weighted by molar-refractivity contribution is 14.0. The van der Waals surface area contributed by atoms with E-state index in [1.807, 2.05) is 6.07 Å². The lowest BCUT2D eigenvalue weighted by Gasteiger charge is -2.26. The minimum Gasteiger partial charge on any atom is -0.435 e. The van der Waals surface area contributed by atoms with Crippen molar-refractivity contribution in [2.75, 3.05) is 20.1 Å². The number of hydrogen-bond acceptors (Lipinski definition) is 2. The Morgan fingerprint density at radius 3 is 2.76 bits per heavy atom. The van der Waals surface area contributed by atoms with Crippen LogP contribution in [0.5, 0.6) is 5.75 Å². The SMILES string of the molecule is CN=C(NCc1cccc(OC(F)F)c1)N1CCC2(CCCC2)C1.I. The van der Waals surface area contributed by atoms with Crippen molar-refractivity contribution in [3.63, 3.8) is 0 Å². The number of alkyl halides is 2.